The van der Waals surface area contributed by atoms with Gasteiger partial charge in [-0.15, -0.1) is 0 Å². The summed E-state index contributed by atoms with van der Waals surface area (Å²) >= 11 is 0. The Morgan fingerprint density at radius 3 is 2.55 bits per heavy atom. The summed E-state index contributed by atoms with van der Waals surface area (Å²) < 4.78 is 5.43. The Morgan fingerprint density at radius 1 is 1.35 bits per heavy atom. The van der Waals surface area contributed by atoms with Gasteiger partial charge >= 0.3 is 6.09 Å². The maximum absolute atomic E-state index is 12.2. The number of nitrogens with two attached hydrogens (primary N) is 1. The topological polar surface area (TPSA) is 75.9 Å². The van der Waals surface area contributed by atoms with Gasteiger partial charge in [-0.05, 0) is 40.0 Å². The highest BCUT2D eigenvalue weighted by molar-refractivity contribution is 5.77. The van der Waals surface area contributed by atoms with Gasteiger partial charge in [0.25, 0.3) is 0 Å². The summed E-state index contributed by atoms with van der Waals surface area (Å²) in [7, 11) is 1.72. The van der Waals surface area contributed by atoms with Crippen LogP contribution < -0.4 is 5.73 Å². The van der Waals surface area contributed by atoms with Crippen LogP contribution in [0.5, 0.6) is 0 Å². The van der Waals surface area contributed by atoms with Crippen molar-refractivity contribution in [3.63, 3.8) is 0 Å². The third kappa shape index (κ3) is 5.00. The van der Waals surface area contributed by atoms with Gasteiger partial charge in [-0.2, -0.15) is 0 Å². The van der Waals surface area contributed by atoms with Crippen molar-refractivity contribution < 1.29 is 14.3 Å². The average Bonchev–Trinajstić information content (AvgIpc) is 2.36. The van der Waals surface area contributed by atoms with Crippen molar-refractivity contribution in [1.82, 2.24) is 9.80 Å². The molecule has 0 aliphatic carbocycles. The molecule has 6 heteroatoms. The number of hydrogen-bond donors (Lipinski definition) is 1. The summed E-state index contributed by atoms with van der Waals surface area (Å²) in [6.07, 6.45) is 2.64. The molecule has 0 spiro atoms. The Balaban J connectivity index is 2.67. The number of hydrogen-bond acceptors (Lipinski definition) is 4. The van der Waals surface area contributed by atoms with Crippen LogP contribution >= 0.6 is 0 Å². The van der Waals surface area contributed by atoms with Gasteiger partial charge < -0.3 is 20.3 Å². The smallest absolute Gasteiger partial charge is 0.410 e. The van der Waals surface area contributed by atoms with Crippen molar-refractivity contribution in [3.05, 3.63) is 0 Å². The van der Waals surface area contributed by atoms with Gasteiger partial charge in [0.1, 0.15) is 5.60 Å². The molecule has 1 heterocycles. The summed E-state index contributed by atoms with van der Waals surface area (Å²) in [5, 5.41) is 0. The van der Waals surface area contributed by atoms with Crippen LogP contribution in [0.25, 0.3) is 0 Å². The van der Waals surface area contributed by atoms with E-state index in [1.165, 1.54) is 0 Å². The van der Waals surface area contributed by atoms with Gasteiger partial charge in [0.2, 0.25) is 5.91 Å². The van der Waals surface area contributed by atoms with Crippen molar-refractivity contribution in [1.29, 1.82) is 0 Å². The van der Waals surface area contributed by atoms with Crippen molar-refractivity contribution in [2.75, 3.05) is 26.7 Å². The standard InChI is InChI=1S/C14H27N3O3/c1-14(2,3)20-13(19)17-8-6-5-7-11(17)10-16(4)12(18)9-15/h11H,5-10,15H2,1-4H3. The van der Waals surface area contributed by atoms with E-state index in [0.717, 1.165) is 19.3 Å². The van der Waals surface area contributed by atoms with E-state index in [9.17, 15) is 9.59 Å². The lowest BCUT2D eigenvalue weighted by molar-refractivity contribution is -0.129. The van der Waals surface area contributed by atoms with Crippen molar-refractivity contribution >= 4 is 12.0 Å². The molecule has 1 aliphatic heterocycles. The molecule has 1 rings (SSSR count). The van der Waals surface area contributed by atoms with Crippen molar-refractivity contribution in [2.45, 2.75) is 51.7 Å². The van der Waals surface area contributed by atoms with E-state index in [1.807, 2.05) is 20.8 Å². The number of piperidine rings is 1. The summed E-state index contributed by atoms with van der Waals surface area (Å²) in [5.74, 6) is -0.111. The monoisotopic (exact) mass is 285 g/mol. The van der Waals surface area contributed by atoms with Crippen molar-refractivity contribution in [3.8, 4) is 0 Å². The minimum absolute atomic E-state index is 0.00431. The van der Waals surface area contributed by atoms with Crippen molar-refractivity contribution in [2.24, 2.45) is 5.73 Å². The molecule has 1 atom stereocenters. The van der Waals surface area contributed by atoms with Gasteiger partial charge in [-0.1, -0.05) is 0 Å². The first-order chi connectivity index (χ1) is 9.24. The van der Waals surface area contributed by atoms with E-state index in [0.29, 0.717) is 13.1 Å². The molecule has 116 valence electrons. The predicted molar refractivity (Wildman–Crippen MR) is 77.3 cm³/mol. The molecule has 20 heavy (non-hydrogen) atoms. The first-order valence-corrected chi connectivity index (χ1v) is 7.18. The molecule has 6 nitrogen and oxygen atoms in total. The lowest BCUT2D eigenvalue weighted by Gasteiger charge is -2.38. The highest BCUT2D eigenvalue weighted by Gasteiger charge is 2.31. The molecule has 0 saturated carbocycles. The highest BCUT2D eigenvalue weighted by atomic mass is 16.6. The lowest BCUT2D eigenvalue weighted by atomic mass is 10.0. The summed E-state index contributed by atoms with van der Waals surface area (Å²) in [5.41, 5.74) is 4.86. The zero-order chi connectivity index (χ0) is 15.3. The van der Waals surface area contributed by atoms with E-state index in [4.69, 9.17) is 10.5 Å². The minimum Gasteiger partial charge on any atom is -0.444 e. The zero-order valence-electron chi connectivity index (χ0n) is 13.0. The van der Waals surface area contributed by atoms with Crippen LogP contribution in [0.4, 0.5) is 4.79 Å². The largest absolute Gasteiger partial charge is 0.444 e. The molecule has 1 fully saturated rings. The molecular formula is C14H27N3O3. The number of likely N-dealkylation sites (N-methyl/N-ethyl adjacent to an activating group) is 1. The molecule has 0 bridgehead atoms. The molecule has 1 saturated heterocycles. The van der Waals surface area contributed by atoms with Gasteiger partial charge in [0, 0.05) is 20.1 Å². The van der Waals surface area contributed by atoms with E-state index in [-0.39, 0.29) is 24.6 Å². The first-order valence-electron chi connectivity index (χ1n) is 7.18. The Bertz CT molecular complexity index is 352. The normalized spacial score (nSPS) is 19.6. The molecule has 1 aliphatic rings. The first kappa shape index (κ1) is 16.8. The van der Waals surface area contributed by atoms with E-state index in [2.05, 4.69) is 0 Å². The number of amides is 2. The summed E-state index contributed by atoms with van der Waals surface area (Å²) in [4.78, 5) is 27.1. The number of carbonyl (C=O) groups excluding carboxylic acids is 2. The average molecular weight is 285 g/mol. The molecule has 1 unspecified atom stereocenters. The van der Waals surface area contributed by atoms with E-state index in [1.54, 1.807) is 16.8 Å². The SMILES string of the molecule is CN(CC1CCCCN1C(=O)OC(C)(C)C)C(=O)CN. The second-order valence-electron chi connectivity index (χ2n) is 6.30. The molecule has 2 N–H and O–H groups in total. The Hall–Kier alpha value is -1.30. The molecular weight excluding hydrogens is 258 g/mol. The maximum atomic E-state index is 12.2. The fourth-order valence-corrected chi connectivity index (χ4v) is 2.33. The Kier molecular flexibility index (Phi) is 5.80. The molecule has 0 radical (unpaired) electrons. The van der Waals surface area contributed by atoms with Crippen LogP contribution in [0.2, 0.25) is 0 Å². The van der Waals surface area contributed by atoms with Gasteiger partial charge in [-0.25, -0.2) is 4.79 Å². The van der Waals surface area contributed by atoms with Gasteiger partial charge in [0.15, 0.2) is 0 Å². The molecule has 0 aromatic carbocycles. The van der Waals surface area contributed by atoms with Crippen LogP contribution in [0.3, 0.4) is 0 Å². The lowest BCUT2D eigenvalue weighted by Crippen LogP contribution is -2.51. The molecule has 0 aromatic rings. The second kappa shape index (κ2) is 6.92. The van der Waals surface area contributed by atoms with Crippen LogP contribution in [0.1, 0.15) is 40.0 Å². The quantitative estimate of drug-likeness (QED) is 0.845. The fraction of sp³-hybridized carbons (Fsp3) is 0.857. The molecule has 0 aromatic heterocycles. The van der Waals surface area contributed by atoms with Crippen LogP contribution in [0, 0.1) is 0 Å². The summed E-state index contributed by atoms with van der Waals surface area (Å²) in [6, 6.07) is 0.0131. The van der Waals surface area contributed by atoms with Crippen LogP contribution in [-0.4, -0.2) is 60.1 Å². The number of rotatable bonds is 3. The zero-order valence-corrected chi connectivity index (χ0v) is 13.0. The highest BCUT2D eigenvalue weighted by Crippen LogP contribution is 2.21. The number of nitrogens with zero attached hydrogens (tertiary/aromatic N) is 2. The Morgan fingerprint density at radius 2 is 2.00 bits per heavy atom. The van der Waals surface area contributed by atoms with Crippen LogP contribution in [-0.2, 0) is 9.53 Å². The van der Waals surface area contributed by atoms with E-state index >= 15 is 0 Å². The third-order valence-corrected chi connectivity index (χ3v) is 3.34. The molecule has 2 amide bonds. The Labute approximate surface area is 121 Å². The number of carbonyl (C=O) groups is 2. The minimum atomic E-state index is -0.502. The number of likely N-dealkylation sites (tertiary alicyclic amines) is 1. The summed E-state index contributed by atoms with van der Waals surface area (Å²) in [6.45, 7) is 6.75. The third-order valence-electron chi connectivity index (χ3n) is 3.34. The fourth-order valence-electron chi connectivity index (χ4n) is 2.33. The van der Waals surface area contributed by atoms with Gasteiger partial charge in [0.05, 0.1) is 12.6 Å². The van der Waals surface area contributed by atoms with Crippen LogP contribution in [0.15, 0.2) is 0 Å². The van der Waals surface area contributed by atoms with Gasteiger partial charge in [-0.3, -0.25) is 4.79 Å². The number of ether oxygens (including phenoxy) is 1. The predicted octanol–water partition coefficient (Wildman–Crippen LogP) is 1.19. The van der Waals surface area contributed by atoms with E-state index < -0.39 is 5.60 Å². The second-order valence-corrected chi connectivity index (χ2v) is 6.30. The maximum Gasteiger partial charge on any atom is 0.410 e.